The third-order valence-corrected chi connectivity index (χ3v) is 4.95. The molecule has 1 N–H and O–H groups in total. The first-order valence-electron chi connectivity index (χ1n) is 9.08. The number of hydrogen-bond acceptors (Lipinski definition) is 4. The number of carbonyl (C=O) groups excluding carboxylic acids is 2. The van der Waals surface area contributed by atoms with Crippen LogP contribution in [0.2, 0.25) is 0 Å². The number of carbonyl (C=O) groups is 2. The van der Waals surface area contributed by atoms with Gasteiger partial charge in [-0.15, -0.1) is 0 Å². The summed E-state index contributed by atoms with van der Waals surface area (Å²) in [6.45, 7) is 5.78. The summed E-state index contributed by atoms with van der Waals surface area (Å²) in [4.78, 5) is 27.0. The van der Waals surface area contributed by atoms with Crippen LogP contribution in [0.5, 0.6) is 0 Å². The predicted molar refractivity (Wildman–Crippen MR) is 98.6 cm³/mol. The van der Waals surface area contributed by atoms with Crippen molar-refractivity contribution in [2.45, 2.75) is 45.6 Å². The lowest BCUT2D eigenvalue weighted by molar-refractivity contribution is -0.138. The number of aryl methyl sites for hydroxylation is 1. The van der Waals surface area contributed by atoms with E-state index in [9.17, 15) is 9.59 Å². The summed E-state index contributed by atoms with van der Waals surface area (Å²) in [7, 11) is 0. The van der Waals surface area contributed by atoms with Gasteiger partial charge in [0.05, 0.1) is 0 Å². The Balaban J connectivity index is 1.64. The predicted octanol–water partition coefficient (Wildman–Crippen LogP) is 3.35. The highest BCUT2D eigenvalue weighted by Gasteiger charge is 2.46. The molecule has 0 spiro atoms. The average molecular weight is 355 g/mol. The quantitative estimate of drug-likeness (QED) is 0.826. The van der Waals surface area contributed by atoms with Crippen LogP contribution in [0.25, 0.3) is 0 Å². The van der Waals surface area contributed by atoms with Crippen molar-refractivity contribution in [3.8, 4) is 0 Å². The number of amides is 2. The molecule has 1 aromatic heterocycles. The molecule has 0 aliphatic heterocycles. The van der Waals surface area contributed by atoms with Gasteiger partial charge >= 0.3 is 0 Å². The molecule has 1 aliphatic rings. The van der Waals surface area contributed by atoms with Crippen molar-refractivity contribution >= 4 is 17.6 Å². The molecule has 1 saturated carbocycles. The van der Waals surface area contributed by atoms with Crippen LogP contribution in [0.15, 0.2) is 40.9 Å². The summed E-state index contributed by atoms with van der Waals surface area (Å²) in [5.41, 5.74) is 1.19. The van der Waals surface area contributed by atoms with Crippen LogP contribution in [-0.4, -0.2) is 34.5 Å². The van der Waals surface area contributed by atoms with E-state index in [1.165, 1.54) is 5.56 Å². The third-order valence-electron chi connectivity index (χ3n) is 4.95. The molecule has 1 aromatic carbocycles. The van der Waals surface area contributed by atoms with Gasteiger partial charge in [-0.3, -0.25) is 9.59 Å². The maximum Gasteiger partial charge on any atom is 0.245 e. The summed E-state index contributed by atoms with van der Waals surface area (Å²) in [6, 6.07) is 11.7. The van der Waals surface area contributed by atoms with E-state index in [4.69, 9.17) is 4.52 Å². The Morgan fingerprint density at radius 1 is 1.35 bits per heavy atom. The van der Waals surface area contributed by atoms with Gasteiger partial charge < -0.3 is 14.7 Å². The zero-order chi connectivity index (χ0) is 18.7. The maximum absolute atomic E-state index is 13.0. The van der Waals surface area contributed by atoms with Crippen LogP contribution in [0.1, 0.15) is 43.9 Å². The number of benzene rings is 1. The first kappa shape index (κ1) is 18.2. The van der Waals surface area contributed by atoms with Gasteiger partial charge in [0.15, 0.2) is 5.82 Å². The molecule has 0 unspecified atom stereocenters. The minimum absolute atomic E-state index is 0.00400. The molecule has 0 bridgehead atoms. The smallest absolute Gasteiger partial charge is 0.245 e. The molecular weight excluding hydrogens is 330 g/mol. The maximum atomic E-state index is 13.0. The monoisotopic (exact) mass is 355 g/mol. The average Bonchev–Trinajstić information content (AvgIpc) is 3.35. The molecule has 2 amide bonds. The second kappa shape index (κ2) is 7.72. The van der Waals surface area contributed by atoms with Crippen LogP contribution in [0, 0.1) is 12.8 Å². The second-order valence-corrected chi connectivity index (χ2v) is 6.95. The summed E-state index contributed by atoms with van der Waals surface area (Å²) in [5, 5.41) is 6.45. The van der Waals surface area contributed by atoms with E-state index in [2.05, 4.69) is 22.6 Å². The van der Waals surface area contributed by atoms with Gasteiger partial charge in [-0.05, 0) is 38.2 Å². The zero-order valence-electron chi connectivity index (χ0n) is 15.4. The molecule has 1 heterocycles. The lowest BCUT2D eigenvalue weighted by Gasteiger charge is -2.28. The van der Waals surface area contributed by atoms with E-state index in [-0.39, 0.29) is 36.2 Å². The summed E-state index contributed by atoms with van der Waals surface area (Å²) in [6.07, 6.45) is 1.64. The second-order valence-electron chi connectivity index (χ2n) is 6.95. The van der Waals surface area contributed by atoms with E-state index < -0.39 is 0 Å². The van der Waals surface area contributed by atoms with Crippen molar-refractivity contribution in [3.63, 3.8) is 0 Å². The minimum atomic E-state index is -0.260. The minimum Gasteiger partial charge on any atom is -0.360 e. The Labute approximate surface area is 153 Å². The normalized spacial score (nSPS) is 19.7. The van der Waals surface area contributed by atoms with E-state index in [0.29, 0.717) is 11.6 Å². The van der Waals surface area contributed by atoms with Crippen molar-refractivity contribution in [2.75, 3.05) is 11.9 Å². The SMILES string of the molecule is CC[C@@H](C)N(CC(=O)Nc1cc(C)on1)C(=O)[C@@H]1C[C@H]1c1ccccc1. The first-order chi connectivity index (χ1) is 12.5. The molecule has 6 heteroatoms. The van der Waals surface area contributed by atoms with E-state index in [1.807, 2.05) is 32.0 Å². The van der Waals surface area contributed by atoms with Crippen LogP contribution in [0.3, 0.4) is 0 Å². The largest absolute Gasteiger partial charge is 0.360 e. The van der Waals surface area contributed by atoms with Gasteiger partial charge in [0, 0.05) is 18.0 Å². The van der Waals surface area contributed by atoms with Crippen molar-refractivity contribution < 1.29 is 14.1 Å². The fraction of sp³-hybridized carbons (Fsp3) is 0.450. The van der Waals surface area contributed by atoms with Crippen molar-refractivity contribution in [1.29, 1.82) is 0 Å². The van der Waals surface area contributed by atoms with Gasteiger partial charge in [0.25, 0.3) is 0 Å². The molecule has 2 aromatic rings. The topological polar surface area (TPSA) is 75.4 Å². The molecule has 0 radical (unpaired) electrons. The third kappa shape index (κ3) is 4.12. The zero-order valence-corrected chi connectivity index (χ0v) is 15.4. The Kier molecular flexibility index (Phi) is 5.40. The Hall–Kier alpha value is -2.63. The summed E-state index contributed by atoms with van der Waals surface area (Å²) in [5.74, 6) is 1.02. The lowest BCUT2D eigenvalue weighted by Crippen LogP contribution is -2.44. The molecule has 6 nitrogen and oxygen atoms in total. The van der Waals surface area contributed by atoms with E-state index in [0.717, 1.165) is 12.8 Å². The number of nitrogens with zero attached hydrogens (tertiary/aromatic N) is 2. The highest BCUT2D eigenvalue weighted by atomic mass is 16.5. The van der Waals surface area contributed by atoms with Crippen molar-refractivity contribution in [2.24, 2.45) is 5.92 Å². The fourth-order valence-corrected chi connectivity index (χ4v) is 3.18. The highest BCUT2D eigenvalue weighted by molar-refractivity contribution is 5.94. The number of aromatic nitrogens is 1. The summed E-state index contributed by atoms with van der Waals surface area (Å²) < 4.78 is 4.95. The van der Waals surface area contributed by atoms with Crippen LogP contribution in [-0.2, 0) is 9.59 Å². The molecule has 1 fully saturated rings. The van der Waals surface area contributed by atoms with Crippen molar-refractivity contribution in [1.82, 2.24) is 10.1 Å². The molecule has 138 valence electrons. The molecule has 3 rings (SSSR count). The van der Waals surface area contributed by atoms with Crippen LogP contribution in [0.4, 0.5) is 5.82 Å². The van der Waals surface area contributed by atoms with Gasteiger partial charge in [-0.1, -0.05) is 42.4 Å². The Morgan fingerprint density at radius 3 is 2.69 bits per heavy atom. The Bertz CT molecular complexity index is 772. The van der Waals surface area contributed by atoms with Gasteiger partial charge in [0.1, 0.15) is 12.3 Å². The number of anilines is 1. The molecule has 1 aliphatic carbocycles. The summed E-state index contributed by atoms with van der Waals surface area (Å²) >= 11 is 0. The molecular formula is C20H25N3O3. The molecule has 0 saturated heterocycles. The molecule has 3 atom stereocenters. The van der Waals surface area contributed by atoms with E-state index >= 15 is 0 Å². The number of nitrogens with one attached hydrogen (secondary N) is 1. The van der Waals surface area contributed by atoms with Gasteiger partial charge in [0.2, 0.25) is 11.8 Å². The highest BCUT2D eigenvalue weighted by Crippen LogP contribution is 2.48. The lowest BCUT2D eigenvalue weighted by atomic mass is 10.1. The van der Waals surface area contributed by atoms with Crippen LogP contribution < -0.4 is 5.32 Å². The Morgan fingerprint density at radius 2 is 2.08 bits per heavy atom. The number of rotatable bonds is 7. The molecule has 26 heavy (non-hydrogen) atoms. The van der Waals surface area contributed by atoms with Crippen molar-refractivity contribution in [3.05, 3.63) is 47.7 Å². The first-order valence-corrected chi connectivity index (χ1v) is 9.08. The van der Waals surface area contributed by atoms with Crippen LogP contribution >= 0.6 is 0 Å². The van der Waals surface area contributed by atoms with Gasteiger partial charge in [-0.25, -0.2) is 0 Å². The number of hydrogen-bond donors (Lipinski definition) is 1. The van der Waals surface area contributed by atoms with Gasteiger partial charge in [-0.2, -0.15) is 0 Å². The van der Waals surface area contributed by atoms with E-state index in [1.54, 1.807) is 17.9 Å². The standard InChI is InChI=1S/C20H25N3O3/c1-4-13(2)23(12-19(24)21-18-10-14(3)26-22-18)20(25)17-11-16(17)15-8-6-5-7-9-15/h5-10,13,16-17H,4,11-12H2,1-3H3,(H,21,22,24)/t13-,16+,17-/m1/s1. The fourth-order valence-electron chi connectivity index (χ4n) is 3.18.